The van der Waals surface area contributed by atoms with E-state index in [4.69, 9.17) is 0 Å². The normalized spacial score (nSPS) is 10.2. The smallest absolute Gasteiger partial charge is 0.243 e. The second-order valence-corrected chi connectivity index (χ2v) is 5.18. The van der Waals surface area contributed by atoms with E-state index >= 15 is 0 Å². The van der Waals surface area contributed by atoms with Gasteiger partial charge in [0.25, 0.3) is 0 Å². The zero-order valence-electron chi connectivity index (χ0n) is 12.9. The van der Waals surface area contributed by atoms with Crippen molar-refractivity contribution in [2.75, 3.05) is 17.2 Å². The monoisotopic (exact) mass is 282 g/mol. The van der Waals surface area contributed by atoms with E-state index in [1.54, 1.807) is 0 Å². The van der Waals surface area contributed by atoms with Crippen molar-refractivity contribution in [3.63, 3.8) is 0 Å². The number of nitrogens with one attached hydrogen (secondary N) is 2. The van der Waals surface area contributed by atoms with Gasteiger partial charge in [0.2, 0.25) is 5.91 Å². The Morgan fingerprint density at radius 3 is 2.33 bits per heavy atom. The highest BCUT2D eigenvalue weighted by molar-refractivity contribution is 5.94. The molecule has 2 N–H and O–H groups in total. The third kappa shape index (κ3) is 3.85. The Morgan fingerprint density at radius 1 is 1.00 bits per heavy atom. The zero-order valence-corrected chi connectivity index (χ0v) is 12.9. The Kier molecular flexibility index (Phi) is 4.99. The number of anilines is 2. The Bertz CT molecular complexity index is 615. The summed E-state index contributed by atoms with van der Waals surface area (Å²) in [6.45, 7) is 6.43. The van der Waals surface area contributed by atoms with Crippen LogP contribution in [0.2, 0.25) is 0 Å². The first-order valence-corrected chi connectivity index (χ1v) is 7.29. The molecule has 0 saturated heterocycles. The van der Waals surface area contributed by atoms with E-state index < -0.39 is 0 Å². The summed E-state index contributed by atoms with van der Waals surface area (Å²) in [5.41, 5.74) is 5.39. The minimum absolute atomic E-state index is 0.0291. The number of hydrogen-bond donors (Lipinski definition) is 2. The van der Waals surface area contributed by atoms with Crippen molar-refractivity contribution in [2.45, 2.75) is 27.2 Å². The van der Waals surface area contributed by atoms with Crippen molar-refractivity contribution in [1.82, 2.24) is 0 Å². The average Bonchev–Trinajstić information content (AvgIpc) is 2.47. The zero-order chi connectivity index (χ0) is 15.2. The fourth-order valence-corrected chi connectivity index (χ4v) is 2.41. The molecule has 0 fully saturated rings. The first-order chi connectivity index (χ1) is 10.1. The lowest BCUT2D eigenvalue weighted by Gasteiger charge is -2.13. The molecule has 110 valence electrons. The van der Waals surface area contributed by atoms with Gasteiger partial charge in [0, 0.05) is 11.4 Å². The van der Waals surface area contributed by atoms with Gasteiger partial charge >= 0.3 is 0 Å². The van der Waals surface area contributed by atoms with E-state index in [0.717, 1.165) is 34.5 Å². The maximum atomic E-state index is 12.1. The van der Waals surface area contributed by atoms with Crippen molar-refractivity contribution in [3.05, 3.63) is 59.2 Å². The number of carbonyl (C=O) groups excluding carboxylic acids is 1. The number of hydrogen-bond acceptors (Lipinski definition) is 2. The Labute approximate surface area is 126 Å². The van der Waals surface area contributed by atoms with E-state index in [1.807, 2.05) is 56.3 Å². The first kappa shape index (κ1) is 15.1. The van der Waals surface area contributed by atoms with Gasteiger partial charge in [-0.1, -0.05) is 43.3 Å². The lowest BCUT2D eigenvalue weighted by atomic mass is 10.1. The van der Waals surface area contributed by atoms with Gasteiger partial charge < -0.3 is 10.6 Å². The Balaban J connectivity index is 1.99. The molecule has 0 radical (unpaired) electrons. The maximum absolute atomic E-state index is 12.1. The molecule has 0 spiro atoms. The van der Waals surface area contributed by atoms with Crippen molar-refractivity contribution in [1.29, 1.82) is 0 Å². The van der Waals surface area contributed by atoms with Crippen molar-refractivity contribution < 1.29 is 4.79 Å². The number of para-hydroxylation sites is 2. The number of rotatable bonds is 5. The molecule has 2 aromatic carbocycles. The van der Waals surface area contributed by atoms with Crippen LogP contribution in [-0.4, -0.2) is 12.5 Å². The largest absolute Gasteiger partial charge is 0.376 e. The molecule has 3 heteroatoms. The SMILES string of the molecule is CCc1ccccc1NC(=O)CNc1c(C)cccc1C. The standard InChI is InChI=1S/C18H22N2O/c1-4-15-10-5-6-11-16(15)20-17(21)12-19-18-13(2)8-7-9-14(18)3/h5-11,19H,4,12H2,1-3H3,(H,20,21). The predicted octanol–water partition coefficient (Wildman–Crippen LogP) is 3.92. The topological polar surface area (TPSA) is 41.1 Å². The Hall–Kier alpha value is -2.29. The van der Waals surface area contributed by atoms with Crippen molar-refractivity contribution >= 4 is 17.3 Å². The van der Waals surface area contributed by atoms with Crippen LogP contribution in [0.25, 0.3) is 0 Å². The van der Waals surface area contributed by atoms with Crippen LogP contribution in [0.1, 0.15) is 23.6 Å². The molecule has 0 aliphatic heterocycles. The lowest BCUT2D eigenvalue weighted by Crippen LogP contribution is -2.23. The second kappa shape index (κ2) is 6.93. The minimum Gasteiger partial charge on any atom is -0.376 e. The Morgan fingerprint density at radius 2 is 1.67 bits per heavy atom. The van der Waals surface area contributed by atoms with Crippen LogP contribution in [0.5, 0.6) is 0 Å². The molecular weight excluding hydrogens is 260 g/mol. The van der Waals surface area contributed by atoms with Crippen LogP contribution in [0.4, 0.5) is 11.4 Å². The van der Waals surface area contributed by atoms with Gasteiger partial charge in [-0.3, -0.25) is 4.79 Å². The molecule has 2 rings (SSSR count). The average molecular weight is 282 g/mol. The van der Waals surface area contributed by atoms with Gasteiger partial charge in [0.15, 0.2) is 0 Å². The molecule has 2 aromatic rings. The van der Waals surface area contributed by atoms with Gasteiger partial charge in [0.1, 0.15) is 0 Å². The number of carbonyl (C=O) groups is 1. The molecule has 0 aromatic heterocycles. The molecule has 0 saturated carbocycles. The minimum atomic E-state index is -0.0291. The van der Waals surface area contributed by atoms with Crippen LogP contribution >= 0.6 is 0 Å². The van der Waals surface area contributed by atoms with Gasteiger partial charge in [-0.15, -0.1) is 0 Å². The van der Waals surface area contributed by atoms with Crippen molar-refractivity contribution in [3.8, 4) is 0 Å². The van der Waals surface area contributed by atoms with Crippen LogP contribution in [0, 0.1) is 13.8 Å². The van der Waals surface area contributed by atoms with E-state index in [9.17, 15) is 4.79 Å². The highest BCUT2D eigenvalue weighted by atomic mass is 16.1. The fourth-order valence-electron chi connectivity index (χ4n) is 2.41. The molecule has 0 aliphatic carbocycles. The van der Waals surface area contributed by atoms with E-state index in [0.29, 0.717) is 0 Å². The van der Waals surface area contributed by atoms with E-state index in [1.165, 1.54) is 0 Å². The van der Waals surface area contributed by atoms with Crippen LogP contribution < -0.4 is 10.6 Å². The molecular formula is C18H22N2O. The van der Waals surface area contributed by atoms with Gasteiger partial charge in [-0.25, -0.2) is 0 Å². The van der Waals surface area contributed by atoms with Crippen molar-refractivity contribution in [2.24, 2.45) is 0 Å². The van der Waals surface area contributed by atoms with Crippen LogP contribution in [-0.2, 0) is 11.2 Å². The second-order valence-electron chi connectivity index (χ2n) is 5.18. The molecule has 1 amide bonds. The lowest BCUT2D eigenvalue weighted by molar-refractivity contribution is -0.114. The summed E-state index contributed by atoms with van der Waals surface area (Å²) in [6, 6.07) is 14.0. The van der Waals surface area contributed by atoms with Crippen LogP contribution in [0.3, 0.4) is 0 Å². The van der Waals surface area contributed by atoms with E-state index in [2.05, 4.69) is 17.6 Å². The highest BCUT2D eigenvalue weighted by Gasteiger charge is 2.07. The third-order valence-corrected chi connectivity index (χ3v) is 3.58. The predicted molar refractivity (Wildman–Crippen MR) is 88.9 cm³/mol. The highest BCUT2D eigenvalue weighted by Crippen LogP contribution is 2.19. The van der Waals surface area contributed by atoms with Gasteiger partial charge in [0.05, 0.1) is 6.54 Å². The molecule has 3 nitrogen and oxygen atoms in total. The fraction of sp³-hybridized carbons (Fsp3) is 0.278. The quantitative estimate of drug-likeness (QED) is 0.872. The summed E-state index contributed by atoms with van der Waals surface area (Å²) in [7, 11) is 0. The van der Waals surface area contributed by atoms with Crippen LogP contribution in [0.15, 0.2) is 42.5 Å². The summed E-state index contributed by atoms with van der Waals surface area (Å²) in [4.78, 5) is 12.1. The molecule has 0 aliphatic rings. The molecule has 0 unspecified atom stereocenters. The summed E-state index contributed by atoms with van der Waals surface area (Å²) in [6.07, 6.45) is 0.904. The number of amides is 1. The first-order valence-electron chi connectivity index (χ1n) is 7.29. The molecule has 21 heavy (non-hydrogen) atoms. The molecule has 0 heterocycles. The third-order valence-electron chi connectivity index (χ3n) is 3.58. The molecule has 0 atom stereocenters. The van der Waals surface area contributed by atoms with Gasteiger partial charge in [-0.2, -0.15) is 0 Å². The summed E-state index contributed by atoms with van der Waals surface area (Å²) in [5.74, 6) is -0.0291. The van der Waals surface area contributed by atoms with Gasteiger partial charge in [-0.05, 0) is 43.0 Å². The van der Waals surface area contributed by atoms with E-state index in [-0.39, 0.29) is 12.5 Å². The summed E-state index contributed by atoms with van der Waals surface area (Å²) < 4.78 is 0. The molecule has 0 bridgehead atoms. The maximum Gasteiger partial charge on any atom is 0.243 e. The number of aryl methyl sites for hydroxylation is 3. The summed E-state index contributed by atoms with van der Waals surface area (Å²) in [5, 5.41) is 6.20. The number of benzene rings is 2. The summed E-state index contributed by atoms with van der Waals surface area (Å²) >= 11 is 0.